The molecule has 2 atom stereocenters. The zero-order valence-electron chi connectivity index (χ0n) is 15.2. The fourth-order valence-electron chi connectivity index (χ4n) is 3.87. The molecule has 0 aliphatic carbocycles. The van der Waals surface area contributed by atoms with Crippen molar-refractivity contribution in [2.45, 2.75) is 18.7 Å². The second-order valence-electron chi connectivity index (χ2n) is 7.02. The van der Waals surface area contributed by atoms with Crippen LogP contribution in [0.4, 0.5) is 5.69 Å². The maximum atomic E-state index is 11.3. The monoisotopic (exact) mass is 405 g/mol. The molecular weight excluding hydrogens is 390 g/mol. The summed E-state index contributed by atoms with van der Waals surface area (Å²) in [6.07, 6.45) is 0.173. The summed E-state index contributed by atoms with van der Waals surface area (Å²) in [5.74, 6) is 0.631. The minimum absolute atomic E-state index is 0.0432. The number of nitro benzene ring substituents is 1. The average Bonchev–Trinajstić information content (AvgIpc) is 3.19. The molecule has 2 heterocycles. The summed E-state index contributed by atoms with van der Waals surface area (Å²) in [6.45, 7) is 0. The highest BCUT2D eigenvalue weighted by molar-refractivity contribution is 6.30. The molecule has 0 spiro atoms. The SMILES string of the molecule is O=[N+]([O-])c1ccc2c(c1)[C@@H]1CC(c3ccccc3)=NN1[C@@H](c1cccc(Cl)c1)O2. The van der Waals surface area contributed by atoms with Crippen LogP contribution in [0.3, 0.4) is 0 Å². The third-order valence-electron chi connectivity index (χ3n) is 5.23. The van der Waals surface area contributed by atoms with E-state index in [2.05, 4.69) is 0 Å². The fraction of sp³-hybridized carbons (Fsp3) is 0.136. The van der Waals surface area contributed by atoms with Crippen molar-refractivity contribution in [3.8, 4) is 5.75 Å². The van der Waals surface area contributed by atoms with Gasteiger partial charge in [-0.05, 0) is 23.8 Å². The van der Waals surface area contributed by atoms with Crippen LogP contribution in [0.1, 0.15) is 35.4 Å². The van der Waals surface area contributed by atoms with Crippen LogP contribution in [0.25, 0.3) is 0 Å². The summed E-state index contributed by atoms with van der Waals surface area (Å²) in [4.78, 5) is 10.9. The van der Waals surface area contributed by atoms with E-state index in [0.29, 0.717) is 17.2 Å². The molecule has 6 nitrogen and oxygen atoms in total. The molecule has 144 valence electrons. The van der Waals surface area contributed by atoms with Gasteiger partial charge in [0.05, 0.1) is 16.7 Å². The Labute approximate surface area is 172 Å². The summed E-state index contributed by atoms with van der Waals surface area (Å²) in [7, 11) is 0. The lowest BCUT2D eigenvalue weighted by Crippen LogP contribution is -2.33. The number of rotatable bonds is 3. The van der Waals surface area contributed by atoms with Crippen molar-refractivity contribution in [3.05, 3.63) is 105 Å². The molecule has 3 aromatic rings. The van der Waals surface area contributed by atoms with E-state index in [1.165, 1.54) is 6.07 Å². The first-order valence-corrected chi connectivity index (χ1v) is 9.59. The van der Waals surface area contributed by atoms with E-state index < -0.39 is 6.23 Å². The van der Waals surface area contributed by atoms with Gasteiger partial charge in [0.25, 0.3) is 5.69 Å². The minimum atomic E-state index is -0.464. The fourth-order valence-corrected chi connectivity index (χ4v) is 4.07. The Morgan fingerprint density at radius 2 is 1.90 bits per heavy atom. The third-order valence-corrected chi connectivity index (χ3v) is 5.46. The van der Waals surface area contributed by atoms with Crippen LogP contribution in [-0.4, -0.2) is 15.6 Å². The summed E-state index contributed by atoms with van der Waals surface area (Å²) >= 11 is 6.20. The van der Waals surface area contributed by atoms with E-state index in [-0.39, 0.29) is 16.7 Å². The first kappa shape index (κ1) is 17.7. The van der Waals surface area contributed by atoms with Gasteiger partial charge in [-0.3, -0.25) is 10.1 Å². The van der Waals surface area contributed by atoms with Gasteiger partial charge in [0.1, 0.15) is 5.75 Å². The van der Waals surface area contributed by atoms with E-state index in [9.17, 15) is 10.1 Å². The van der Waals surface area contributed by atoms with Gasteiger partial charge in [0.2, 0.25) is 6.23 Å². The molecule has 0 fully saturated rings. The second-order valence-corrected chi connectivity index (χ2v) is 7.45. The summed E-state index contributed by atoms with van der Waals surface area (Å²) in [5.41, 5.74) is 3.64. The van der Waals surface area contributed by atoms with Crippen molar-refractivity contribution >= 4 is 23.0 Å². The van der Waals surface area contributed by atoms with Crippen molar-refractivity contribution in [1.29, 1.82) is 0 Å². The van der Waals surface area contributed by atoms with E-state index in [1.807, 2.05) is 59.6 Å². The van der Waals surface area contributed by atoms with Gasteiger partial charge in [-0.2, -0.15) is 5.10 Å². The van der Waals surface area contributed by atoms with Crippen LogP contribution >= 0.6 is 11.6 Å². The van der Waals surface area contributed by atoms with Crippen molar-refractivity contribution in [3.63, 3.8) is 0 Å². The minimum Gasteiger partial charge on any atom is -0.464 e. The maximum absolute atomic E-state index is 11.3. The highest BCUT2D eigenvalue weighted by Gasteiger charge is 2.41. The number of hydrogen-bond donors (Lipinski definition) is 0. The Kier molecular flexibility index (Phi) is 4.21. The molecule has 29 heavy (non-hydrogen) atoms. The molecule has 0 bridgehead atoms. The Hall–Kier alpha value is -3.38. The standard InChI is InChI=1S/C22H16ClN3O3/c23-16-8-4-7-15(11-16)22-25-20(13-19(24-25)14-5-2-1-3-6-14)18-12-17(26(27)28)9-10-21(18)29-22/h1-12,20,22H,13H2/t20-,22+/m0/s1. The van der Waals surface area contributed by atoms with E-state index in [0.717, 1.165) is 22.4 Å². The highest BCUT2D eigenvalue weighted by atomic mass is 35.5. The predicted octanol–water partition coefficient (Wildman–Crippen LogP) is 5.49. The number of nitro groups is 1. The molecule has 2 aliphatic rings. The predicted molar refractivity (Wildman–Crippen MR) is 110 cm³/mol. The first-order valence-electron chi connectivity index (χ1n) is 9.22. The lowest BCUT2D eigenvalue weighted by Gasteiger charge is -2.38. The molecule has 0 saturated heterocycles. The first-order chi connectivity index (χ1) is 14.1. The summed E-state index contributed by atoms with van der Waals surface area (Å²) in [6, 6.07) is 22.0. The number of ether oxygens (including phenoxy) is 1. The Bertz CT molecular complexity index is 1130. The molecule has 0 saturated carbocycles. The molecule has 2 aliphatic heterocycles. The Morgan fingerprint density at radius 3 is 2.66 bits per heavy atom. The van der Waals surface area contributed by atoms with E-state index in [1.54, 1.807) is 12.1 Å². The maximum Gasteiger partial charge on any atom is 0.270 e. The van der Waals surface area contributed by atoms with E-state index in [4.69, 9.17) is 21.4 Å². The van der Waals surface area contributed by atoms with Crippen molar-refractivity contribution in [2.24, 2.45) is 5.10 Å². The van der Waals surface area contributed by atoms with Crippen LogP contribution in [0.2, 0.25) is 5.02 Å². The van der Waals surface area contributed by atoms with Crippen LogP contribution in [-0.2, 0) is 0 Å². The second kappa shape index (κ2) is 6.90. The van der Waals surface area contributed by atoms with Crippen molar-refractivity contribution in [2.75, 3.05) is 0 Å². The number of halogens is 1. The summed E-state index contributed by atoms with van der Waals surface area (Å²) in [5, 5.41) is 18.7. The van der Waals surface area contributed by atoms with Crippen LogP contribution in [0.5, 0.6) is 5.75 Å². The van der Waals surface area contributed by atoms with Crippen LogP contribution in [0, 0.1) is 10.1 Å². The lowest BCUT2D eigenvalue weighted by atomic mass is 9.95. The van der Waals surface area contributed by atoms with Gasteiger partial charge in [-0.1, -0.05) is 54.1 Å². The molecule has 0 aromatic heterocycles. The largest absolute Gasteiger partial charge is 0.464 e. The highest BCUT2D eigenvalue weighted by Crippen LogP contribution is 2.48. The van der Waals surface area contributed by atoms with Gasteiger partial charge in [0.15, 0.2) is 0 Å². The number of benzene rings is 3. The Morgan fingerprint density at radius 1 is 1.07 bits per heavy atom. The quantitative estimate of drug-likeness (QED) is 0.426. The van der Waals surface area contributed by atoms with Gasteiger partial charge >= 0.3 is 0 Å². The zero-order chi connectivity index (χ0) is 20.0. The molecule has 0 radical (unpaired) electrons. The van der Waals surface area contributed by atoms with Gasteiger partial charge in [-0.25, -0.2) is 5.01 Å². The molecule has 0 N–H and O–H groups in total. The molecule has 3 aromatic carbocycles. The number of non-ortho nitro benzene ring substituents is 1. The van der Waals surface area contributed by atoms with Crippen molar-refractivity contribution < 1.29 is 9.66 Å². The van der Waals surface area contributed by atoms with E-state index >= 15 is 0 Å². The topological polar surface area (TPSA) is 68.0 Å². The van der Waals surface area contributed by atoms with Gasteiger partial charge < -0.3 is 4.74 Å². The smallest absolute Gasteiger partial charge is 0.270 e. The molecule has 5 rings (SSSR count). The van der Waals surface area contributed by atoms with Gasteiger partial charge in [-0.15, -0.1) is 0 Å². The number of nitrogens with zero attached hydrogens (tertiary/aromatic N) is 3. The third kappa shape index (κ3) is 3.11. The average molecular weight is 406 g/mol. The molecule has 7 heteroatoms. The number of fused-ring (bicyclic) bond motifs is 3. The van der Waals surface area contributed by atoms with Crippen molar-refractivity contribution in [1.82, 2.24) is 5.01 Å². The lowest BCUT2D eigenvalue weighted by molar-refractivity contribution is -0.385. The molecular formula is C22H16ClN3O3. The normalized spacial score (nSPS) is 19.8. The van der Waals surface area contributed by atoms with Crippen LogP contribution < -0.4 is 4.74 Å². The molecule has 0 amide bonds. The number of hydrogen-bond acceptors (Lipinski definition) is 5. The Balaban J connectivity index is 1.62. The zero-order valence-corrected chi connectivity index (χ0v) is 16.0. The summed E-state index contributed by atoms with van der Waals surface area (Å²) < 4.78 is 6.24. The molecule has 0 unspecified atom stereocenters. The van der Waals surface area contributed by atoms with Crippen LogP contribution in [0.15, 0.2) is 77.9 Å². The van der Waals surface area contributed by atoms with Gasteiger partial charge in [0, 0.05) is 34.7 Å². The number of hydrazone groups is 1.